The number of hydrogen-bond acceptors (Lipinski definition) is 2. The number of pyridine rings is 1. The van der Waals surface area contributed by atoms with Gasteiger partial charge in [-0.1, -0.05) is 30.3 Å². The molecule has 0 amide bonds. The van der Waals surface area contributed by atoms with E-state index in [9.17, 15) is 5.11 Å². The molecule has 2 aromatic rings. The van der Waals surface area contributed by atoms with Crippen LogP contribution in [0, 0.1) is 0 Å². The molecular formula is C11H9BNO. The van der Waals surface area contributed by atoms with E-state index in [2.05, 4.69) is 4.98 Å². The maximum absolute atomic E-state index is 9.50. The van der Waals surface area contributed by atoms with Crippen LogP contribution in [0.5, 0.6) is 5.75 Å². The van der Waals surface area contributed by atoms with Crippen molar-refractivity contribution in [2.75, 3.05) is 0 Å². The minimum absolute atomic E-state index is 0. The molecule has 3 heteroatoms. The van der Waals surface area contributed by atoms with E-state index < -0.39 is 0 Å². The lowest BCUT2D eigenvalue weighted by atomic mass is 10.1. The van der Waals surface area contributed by atoms with E-state index in [0.717, 1.165) is 5.56 Å². The second-order valence-electron chi connectivity index (χ2n) is 2.74. The Morgan fingerprint density at radius 1 is 0.929 bits per heavy atom. The first-order valence-electron chi connectivity index (χ1n) is 4.07. The summed E-state index contributed by atoms with van der Waals surface area (Å²) in [5, 5.41) is 9.50. The van der Waals surface area contributed by atoms with Crippen LogP contribution in [-0.2, 0) is 0 Å². The number of hydrogen-bond donors (Lipinski definition) is 1. The monoisotopic (exact) mass is 182 g/mol. The summed E-state index contributed by atoms with van der Waals surface area (Å²) >= 11 is 0. The molecule has 0 spiro atoms. The first-order chi connectivity index (χ1) is 6.38. The summed E-state index contributed by atoms with van der Waals surface area (Å²) in [6.07, 6.45) is 1.67. The Labute approximate surface area is 84.8 Å². The van der Waals surface area contributed by atoms with Crippen LogP contribution >= 0.6 is 0 Å². The normalized spacial score (nSPS) is 9.14. The minimum Gasteiger partial charge on any atom is -0.506 e. The van der Waals surface area contributed by atoms with Gasteiger partial charge in [0.15, 0.2) is 0 Å². The van der Waals surface area contributed by atoms with Crippen molar-refractivity contribution >= 4 is 8.41 Å². The topological polar surface area (TPSA) is 33.1 Å². The highest BCUT2D eigenvalue weighted by Gasteiger charge is 2.02. The van der Waals surface area contributed by atoms with E-state index >= 15 is 0 Å². The molecule has 2 nitrogen and oxygen atoms in total. The third kappa shape index (κ3) is 1.94. The molecule has 0 aliphatic rings. The molecule has 0 saturated heterocycles. The molecule has 1 aromatic carbocycles. The van der Waals surface area contributed by atoms with E-state index in [1.807, 2.05) is 30.3 Å². The molecule has 14 heavy (non-hydrogen) atoms. The summed E-state index contributed by atoms with van der Waals surface area (Å²) in [7, 11) is 0. The molecule has 2 rings (SSSR count). The third-order valence-corrected chi connectivity index (χ3v) is 1.83. The predicted octanol–water partition coefficient (Wildman–Crippen LogP) is 2.07. The highest BCUT2D eigenvalue weighted by Crippen LogP contribution is 2.25. The number of benzene rings is 1. The van der Waals surface area contributed by atoms with Crippen LogP contribution < -0.4 is 0 Å². The van der Waals surface area contributed by atoms with Crippen LogP contribution in [0.25, 0.3) is 11.3 Å². The SMILES string of the molecule is Oc1cccnc1-c1ccccc1.[B]. The fraction of sp³-hybridized carbons (Fsp3) is 0. The molecule has 0 fully saturated rings. The van der Waals surface area contributed by atoms with Crippen molar-refractivity contribution in [2.24, 2.45) is 0 Å². The number of rotatable bonds is 1. The van der Waals surface area contributed by atoms with Crippen molar-refractivity contribution in [3.8, 4) is 17.0 Å². The van der Waals surface area contributed by atoms with Crippen LogP contribution in [0.1, 0.15) is 0 Å². The zero-order valence-electron chi connectivity index (χ0n) is 7.59. The van der Waals surface area contributed by atoms with Gasteiger partial charge in [-0.05, 0) is 12.1 Å². The number of nitrogens with zero attached hydrogens (tertiary/aromatic N) is 1. The highest BCUT2D eigenvalue weighted by atomic mass is 16.3. The summed E-state index contributed by atoms with van der Waals surface area (Å²) in [5.74, 6) is 0.216. The predicted molar refractivity (Wildman–Crippen MR) is 57.1 cm³/mol. The molecule has 0 atom stereocenters. The molecule has 1 aromatic heterocycles. The third-order valence-electron chi connectivity index (χ3n) is 1.83. The largest absolute Gasteiger partial charge is 0.506 e. The maximum atomic E-state index is 9.50. The van der Waals surface area contributed by atoms with E-state index in [1.54, 1.807) is 18.3 Å². The maximum Gasteiger partial charge on any atom is 0.141 e. The average molecular weight is 182 g/mol. The molecule has 3 radical (unpaired) electrons. The van der Waals surface area contributed by atoms with Gasteiger partial charge in [0.1, 0.15) is 11.4 Å². The van der Waals surface area contributed by atoms with Gasteiger partial charge in [-0.15, -0.1) is 0 Å². The van der Waals surface area contributed by atoms with E-state index in [0.29, 0.717) is 5.69 Å². The Morgan fingerprint density at radius 3 is 2.29 bits per heavy atom. The van der Waals surface area contributed by atoms with Crippen LogP contribution in [0.15, 0.2) is 48.7 Å². The lowest BCUT2D eigenvalue weighted by Gasteiger charge is -2.01. The second kappa shape index (κ2) is 4.47. The van der Waals surface area contributed by atoms with Crippen LogP contribution in [0.2, 0.25) is 0 Å². The Morgan fingerprint density at radius 2 is 1.64 bits per heavy atom. The number of aromatic nitrogens is 1. The van der Waals surface area contributed by atoms with Gasteiger partial charge in [-0.2, -0.15) is 0 Å². The quantitative estimate of drug-likeness (QED) is 0.684. The fourth-order valence-corrected chi connectivity index (χ4v) is 1.22. The van der Waals surface area contributed by atoms with Crippen molar-refractivity contribution in [3.05, 3.63) is 48.7 Å². The zero-order valence-corrected chi connectivity index (χ0v) is 7.59. The molecule has 0 aliphatic carbocycles. The molecule has 0 saturated carbocycles. The van der Waals surface area contributed by atoms with Gasteiger partial charge < -0.3 is 5.11 Å². The molecule has 1 heterocycles. The smallest absolute Gasteiger partial charge is 0.141 e. The van der Waals surface area contributed by atoms with E-state index in [4.69, 9.17) is 0 Å². The molecule has 1 N–H and O–H groups in total. The standard InChI is InChI=1S/C11H9NO.B/c13-10-7-4-8-12-11(10)9-5-2-1-3-6-9;/h1-8,13H;. The summed E-state index contributed by atoms with van der Waals surface area (Å²) < 4.78 is 0. The Hall–Kier alpha value is -1.77. The van der Waals surface area contributed by atoms with Gasteiger partial charge in [0.25, 0.3) is 0 Å². The number of aromatic hydroxyl groups is 1. The van der Waals surface area contributed by atoms with Gasteiger partial charge in [0.2, 0.25) is 0 Å². The Balaban J connectivity index is 0.000000980. The van der Waals surface area contributed by atoms with Gasteiger partial charge in [-0.3, -0.25) is 4.98 Å². The molecule has 67 valence electrons. The van der Waals surface area contributed by atoms with Crippen molar-refractivity contribution in [1.29, 1.82) is 0 Å². The summed E-state index contributed by atoms with van der Waals surface area (Å²) in [5.41, 5.74) is 1.56. The van der Waals surface area contributed by atoms with Crippen molar-refractivity contribution < 1.29 is 5.11 Å². The highest BCUT2D eigenvalue weighted by molar-refractivity contribution is 5.75. The second-order valence-corrected chi connectivity index (χ2v) is 2.74. The Kier molecular flexibility index (Phi) is 3.29. The first-order valence-corrected chi connectivity index (χ1v) is 4.07. The average Bonchev–Trinajstić information content (AvgIpc) is 2.20. The van der Waals surface area contributed by atoms with Gasteiger partial charge in [0.05, 0.1) is 0 Å². The van der Waals surface area contributed by atoms with Gasteiger partial charge >= 0.3 is 0 Å². The molecule has 0 bridgehead atoms. The van der Waals surface area contributed by atoms with Gasteiger partial charge in [0, 0.05) is 20.2 Å². The minimum atomic E-state index is 0. The Bertz CT molecular complexity index is 403. The van der Waals surface area contributed by atoms with Crippen molar-refractivity contribution in [3.63, 3.8) is 0 Å². The lowest BCUT2D eigenvalue weighted by Crippen LogP contribution is -1.82. The van der Waals surface area contributed by atoms with E-state index in [1.165, 1.54) is 0 Å². The summed E-state index contributed by atoms with van der Waals surface area (Å²) in [4.78, 5) is 4.10. The van der Waals surface area contributed by atoms with Crippen molar-refractivity contribution in [1.82, 2.24) is 4.98 Å². The lowest BCUT2D eigenvalue weighted by molar-refractivity contribution is 0.475. The summed E-state index contributed by atoms with van der Waals surface area (Å²) in [6.45, 7) is 0. The summed E-state index contributed by atoms with van der Waals surface area (Å²) in [6, 6.07) is 13.0. The van der Waals surface area contributed by atoms with Crippen LogP contribution in [-0.4, -0.2) is 18.5 Å². The first kappa shape index (κ1) is 10.3. The molecular weight excluding hydrogens is 173 g/mol. The fourth-order valence-electron chi connectivity index (χ4n) is 1.22. The zero-order chi connectivity index (χ0) is 9.10. The van der Waals surface area contributed by atoms with Crippen LogP contribution in [0.3, 0.4) is 0 Å². The molecule has 0 unspecified atom stereocenters. The van der Waals surface area contributed by atoms with Crippen LogP contribution in [0.4, 0.5) is 0 Å². The molecule has 0 aliphatic heterocycles. The van der Waals surface area contributed by atoms with Crippen molar-refractivity contribution in [2.45, 2.75) is 0 Å². The van der Waals surface area contributed by atoms with E-state index in [-0.39, 0.29) is 14.2 Å². The van der Waals surface area contributed by atoms with Gasteiger partial charge in [-0.25, -0.2) is 0 Å².